The predicted octanol–water partition coefficient (Wildman–Crippen LogP) is 5.58. The summed E-state index contributed by atoms with van der Waals surface area (Å²) in [5.74, 6) is -7.40. The molecule has 80 heavy (non-hydrogen) atoms. The van der Waals surface area contributed by atoms with Gasteiger partial charge in [-0.15, -0.1) is 0 Å². The largest absolute Gasteiger partial charge is 0.480 e. The van der Waals surface area contributed by atoms with Crippen LogP contribution in [0.3, 0.4) is 0 Å². The number of amides is 3. The Labute approximate surface area is 477 Å². The van der Waals surface area contributed by atoms with Crippen LogP contribution in [0.15, 0.2) is 0 Å². The number of hydrogen-bond acceptors (Lipinski definition) is 18. The van der Waals surface area contributed by atoms with E-state index in [4.69, 9.17) is 41.0 Å². The van der Waals surface area contributed by atoms with Gasteiger partial charge in [-0.3, -0.25) is 28.5 Å². The molecule has 1 aliphatic rings. The van der Waals surface area contributed by atoms with Gasteiger partial charge >= 0.3 is 26.2 Å². The molecule has 12 atom stereocenters. The lowest BCUT2D eigenvalue weighted by molar-refractivity contribution is -0.268. The molecular weight excluding hydrogens is 1060 g/mol. The Morgan fingerprint density at radius 3 is 1.51 bits per heavy atom. The molecule has 1 saturated heterocycles. The van der Waals surface area contributed by atoms with E-state index < -0.39 is 137 Å². The van der Waals surface area contributed by atoms with Crippen LogP contribution in [0.5, 0.6) is 0 Å². The number of rotatable bonds is 48. The van der Waals surface area contributed by atoms with Gasteiger partial charge in [0, 0.05) is 32.9 Å². The van der Waals surface area contributed by atoms with Crippen molar-refractivity contribution in [2.45, 2.75) is 282 Å². The number of unbranched alkanes of at least 4 members (excludes halogenated alkanes) is 24. The molecule has 1 fully saturated rings. The molecule has 0 radical (unpaired) electrons. The van der Waals surface area contributed by atoms with Crippen molar-refractivity contribution in [3.05, 3.63) is 0 Å². The van der Waals surface area contributed by atoms with Crippen molar-refractivity contribution in [2.75, 3.05) is 32.9 Å². The lowest BCUT2D eigenvalue weighted by Gasteiger charge is -2.44. The van der Waals surface area contributed by atoms with Crippen LogP contribution in [0.25, 0.3) is 0 Å². The Morgan fingerprint density at radius 2 is 1.15 bits per heavy atom. The van der Waals surface area contributed by atoms with Crippen molar-refractivity contribution < 1.29 is 87.2 Å². The number of nitrogens with zero attached hydrogens (tertiary/aromatic N) is 1. The molecule has 0 aromatic rings. The molecule has 470 valence electrons. The number of carboxylic acid groups (broad SMARTS) is 1. The predicted molar refractivity (Wildman–Crippen MR) is 304 cm³/mol. The number of primary amides is 1. The van der Waals surface area contributed by atoms with Gasteiger partial charge in [0.15, 0.2) is 18.5 Å². The van der Waals surface area contributed by atoms with Crippen LogP contribution >= 0.6 is 8.25 Å². The maximum Gasteiger partial charge on any atom is 0.326 e. The van der Waals surface area contributed by atoms with Gasteiger partial charge < -0.3 is 81.3 Å². The molecule has 4 unspecified atom stereocenters. The van der Waals surface area contributed by atoms with Gasteiger partial charge in [0.2, 0.25) is 17.7 Å². The van der Waals surface area contributed by atoms with E-state index >= 15 is 4.79 Å². The Balaban J connectivity index is 0.00000830. The number of aliphatic carboxylic acids is 1. The lowest BCUT2D eigenvalue weighted by atomic mass is 9.88. The van der Waals surface area contributed by atoms with Crippen molar-refractivity contribution >= 4 is 43.9 Å². The average molecular weight is 1170 g/mol. The van der Waals surface area contributed by atoms with E-state index in [0.29, 0.717) is 19.3 Å². The fourth-order valence-electron chi connectivity index (χ4n) is 9.56. The third-order valence-electron chi connectivity index (χ3n) is 14.2. The average Bonchev–Trinajstić information content (AvgIpc) is 3.41. The van der Waals surface area contributed by atoms with E-state index in [2.05, 4.69) is 23.7 Å². The quantitative estimate of drug-likeness (QED) is 0.0202. The highest BCUT2D eigenvalue weighted by Gasteiger charge is 2.48. The molecule has 23 nitrogen and oxygen atoms in total. The van der Waals surface area contributed by atoms with Crippen LogP contribution in [-0.4, -0.2) is 165 Å². The summed E-state index contributed by atoms with van der Waals surface area (Å²) in [6.07, 6.45) is 16.8. The van der Waals surface area contributed by atoms with Crippen LogP contribution in [0.4, 0.5) is 0 Å². The molecule has 0 aromatic heterocycles. The van der Waals surface area contributed by atoms with Gasteiger partial charge in [-0.05, 0) is 33.1 Å². The molecule has 1 rings (SSSR count). The zero-order chi connectivity index (χ0) is 60.3. The highest BCUT2D eigenvalue weighted by Crippen LogP contribution is 2.28. The SMILES string of the molecule is CCCCCCCCCCCCCCCC(=O)OC(C(C[C@H](N)C(N)=O)C(=O)N(CC(C)O[C@H]1[C@H](O)[C@@H](CO)O[C@H](O)[C@@H]1NC(C)=O)[C@@H](C)C(=O)O)[C@H](CO)OC(=O)CCCCCCCCCCCCCCC.NCCO[PH](=O)O. The van der Waals surface area contributed by atoms with Crippen molar-refractivity contribution in [3.8, 4) is 0 Å². The van der Waals surface area contributed by atoms with Gasteiger partial charge in [0.05, 0.1) is 37.9 Å². The number of carbonyl (C=O) groups excluding carboxylic acids is 5. The number of carbonyl (C=O) groups is 6. The van der Waals surface area contributed by atoms with Crippen LogP contribution in [0.2, 0.25) is 0 Å². The minimum atomic E-state index is -2.73. The van der Waals surface area contributed by atoms with E-state index in [-0.39, 0.29) is 26.0 Å². The van der Waals surface area contributed by atoms with Gasteiger partial charge in [0.25, 0.3) is 0 Å². The standard InChI is InChI=1S/C54H100N4O15.C2H8NO3P/c1-6-8-10-12-14-16-18-20-22-24-26-28-30-32-45(62)71-44(37-60)49(73-46(63)33-31-29-27-25-23-21-19-17-15-13-11-9-7-2)41(34-42(55)51(56)65)52(66)58(39(4)53(67)68)35-38(3)70-50-47(57-40(5)61)54(69)72-43(36-59)48(50)64;3-1-2-6-7(4)5/h38-39,41-44,47-50,54,59-60,64,69H,6-37,55H2,1-5H3,(H2,56,65)(H,57,61)(H,67,68);7H,1-3H2,(H,4,5)/t38?,39-,41?,42-,43+,44-,47+,48+,49?,50+,54-;/m0./s1. The van der Waals surface area contributed by atoms with E-state index in [1.807, 2.05) is 0 Å². The summed E-state index contributed by atoms with van der Waals surface area (Å²) in [4.78, 5) is 88.3. The molecule has 1 heterocycles. The lowest BCUT2D eigenvalue weighted by Crippen LogP contribution is -2.65. The third-order valence-corrected chi connectivity index (χ3v) is 14.6. The summed E-state index contributed by atoms with van der Waals surface area (Å²) in [6.45, 7) is 6.43. The first-order valence-electron chi connectivity index (χ1n) is 29.9. The Bertz CT molecular complexity index is 1690. The smallest absolute Gasteiger partial charge is 0.326 e. The van der Waals surface area contributed by atoms with Gasteiger partial charge in [-0.25, -0.2) is 4.79 Å². The van der Waals surface area contributed by atoms with Crippen molar-refractivity contribution in [2.24, 2.45) is 23.1 Å². The second-order valence-electron chi connectivity index (χ2n) is 21.3. The number of ether oxygens (including phenoxy) is 4. The van der Waals surface area contributed by atoms with Crippen molar-refractivity contribution in [3.63, 3.8) is 0 Å². The zero-order valence-electron chi connectivity index (χ0n) is 49.2. The van der Waals surface area contributed by atoms with Gasteiger partial charge in [-0.1, -0.05) is 168 Å². The Hall–Kier alpha value is -3.35. The topological polar surface area (TPSA) is 380 Å². The van der Waals surface area contributed by atoms with E-state index in [0.717, 1.165) is 69.6 Å². The summed E-state index contributed by atoms with van der Waals surface area (Å²) in [6, 6.07) is -4.54. The molecule has 3 amide bonds. The van der Waals surface area contributed by atoms with Crippen molar-refractivity contribution in [1.29, 1.82) is 0 Å². The number of aliphatic hydroxyl groups is 4. The normalized spacial score (nSPS) is 19.7. The first-order valence-corrected chi connectivity index (χ1v) is 31.2. The van der Waals surface area contributed by atoms with Crippen LogP contribution in [0.1, 0.15) is 221 Å². The number of nitrogens with one attached hydrogen (secondary N) is 1. The number of aliphatic hydroxyl groups excluding tert-OH is 4. The van der Waals surface area contributed by atoms with Crippen LogP contribution in [0, 0.1) is 5.92 Å². The van der Waals surface area contributed by atoms with E-state index in [1.54, 1.807) is 0 Å². The monoisotopic (exact) mass is 1170 g/mol. The molecule has 24 heteroatoms. The summed E-state index contributed by atoms with van der Waals surface area (Å²) in [5.41, 5.74) is 16.7. The summed E-state index contributed by atoms with van der Waals surface area (Å²) in [5, 5.41) is 55.2. The van der Waals surface area contributed by atoms with E-state index in [1.165, 1.54) is 104 Å². The highest BCUT2D eigenvalue weighted by molar-refractivity contribution is 7.32. The van der Waals surface area contributed by atoms with Gasteiger partial charge in [-0.2, -0.15) is 0 Å². The van der Waals surface area contributed by atoms with E-state index in [9.17, 15) is 54.1 Å². The van der Waals surface area contributed by atoms with Gasteiger partial charge in [0.1, 0.15) is 30.4 Å². The van der Waals surface area contributed by atoms with Crippen LogP contribution in [-0.2, 0) is 56.8 Å². The molecular formula is C56H108N5O18P. The molecule has 13 N–H and O–H groups in total. The third kappa shape index (κ3) is 35.6. The number of nitrogens with two attached hydrogens (primary N) is 3. The summed E-state index contributed by atoms with van der Waals surface area (Å²) in [7, 11) is -2.73. The fraction of sp³-hybridized carbons (Fsp3) is 0.893. The minimum absolute atomic E-state index is 0.0340. The minimum Gasteiger partial charge on any atom is -0.480 e. The first-order chi connectivity index (χ1) is 38.2. The Kier molecular flexibility index (Phi) is 46.1. The van der Waals surface area contributed by atoms with Crippen LogP contribution < -0.4 is 22.5 Å². The fourth-order valence-corrected chi connectivity index (χ4v) is 9.85. The maximum absolute atomic E-state index is 15.0. The zero-order valence-corrected chi connectivity index (χ0v) is 50.2. The molecule has 0 bridgehead atoms. The number of esters is 2. The summed E-state index contributed by atoms with van der Waals surface area (Å²) >= 11 is 0. The second-order valence-corrected chi connectivity index (χ2v) is 22.1. The molecule has 0 aliphatic carbocycles. The summed E-state index contributed by atoms with van der Waals surface area (Å²) < 4.78 is 36.9. The molecule has 0 spiro atoms. The Morgan fingerprint density at radius 1 is 0.713 bits per heavy atom. The first kappa shape index (κ1) is 76.7. The maximum atomic E-state index is 15.0. The molecule has 0 aromatic carbocycles. The molecule has 1 aliphatic heterocycles. The number of hydrogen-bond donors (Lipinski definition) is 10. The molecule has 0 saturated carbocycles. The highest BCUT2D eigenvalue weighted by atomic mass is 31.1. The second kappa shape index (κ2) is 48.1. The van der Waals surface area contributed by atoms with Crippen molar-refractivity contribution in [1.82, 2.24) is 10.2 Å². The number of carboxylic acids is 1.